The average Bonchev–Trinajstić information content (AvgIpc) is 2.33. The van der Waals surface area contributed by atoms with Crippen LogP contribution < -0.4 is 5.32 Å². The maximum Gasteiger partial charge on any atom is 0.124 e. The predicted octanol–water partition coefficient (Wildman–Crippen LogP) is 4.40. The minimum atomic E-state index is -0.374. The highest BCUT2D eigenvalue weighted by atomic mass is 35.5. The van der Waals surface area contributed by atoms with Crippen molar-refractivity contribution >= 4 is 23.0 Å². The molecule has 0 aliphatic carbocycles. The van der Waals surface area contributed by atoms with Gasteiger partial charge in [0.25, 0.3) is 0 Å². The number of hydrogen-bond donors (Lipinski definition) is 1. The van der Waals surface area contributed by atoms with Crippen LogP contribution in [-0.2, 0) is 0 Å². The monoisotopic (exact) mass is 260 g/mol. The summed E-state index contributed by atoms with van der Waals surface area (Å²) in [5.41, 5.74) is 2.94. The van der Waals surface area contributed by atoms with Gasteiger partial charge in [-0.3, -0.25) is 0 Å². The summed E-state index contributed by atoms with van der Waals surface area (Å²) < 4.78 is 12.9. The lowest BCUT2D eigenvalue weighted by atomic mass is 10.1. The SMILES string of the molecule is Cc1cc(Nc2ccc(F)cc2Cl)ccc1C#N. The first-order valence-corrected chi connectivity index (χ1v) is 5.71. The molecule has 18 heavy (non-hydrogen) atoms. The van der Waals surface area contributed by atoms with Crippen LogP contribution >= 0.6 is 11.6 Å². The van der Waals surface area contributed by atoms with Crippen molar-refractivity contribution in [2.45, 2.75) is 6.92 Å². The fraction of sp³-hybridized carbons (Fsp3) is 0.0714. The molecule has 0 saturated heterocycles. The summed E-state index contributed by atoms with van der Waals surface area (Å²) in [4.78, 5) is 0. The molecule has 0 aliphatic rings. The van der Waals surface area contributed by atoms with Gasteiger partial charge in [-0.2, -0.15) is 5.26 Å². The third kappa shape index (κ3) is 2.61. The van der Waals surface area contributed by atoms with E-state index in [2.05, 4.69) is 11.4 Å². The first-order chi connectivity index (χ1) is 8.60. The van der Waals surface area contributed by atoms with Crippen LogP contribution in [0.4, 0.5) is 15.8 Å². The second kappa shape index (κ2) is 5.07. The number of rotatable bonds is 2. The molecule has 0 fully saturated rings. The maximum atomic E-state index is 12.9. The lowest BCUT2D eigenvalue weighted by Crippen LogP contribution is -1.93. The molecule has 0 radical (unpaired) electrons. The highest BCUT2D eigenvalue weighted by molar-refractivity contribution is 6.33. The van der Waals surface area contributed by atoms with E-state index in [0.29, 0.717) is 16.3 Å². The van der Waals surface area contributed by atoms with E-state index in [0.717, 1.165) is 11.3 Å². The van der Waals surface area contributed by atoms with Crippen molar-refractivity contribution in [3.05, 3.63) is 58.4 Å². The predicted molar refractivity (Wildman–Crippen MR) is 70.6 cm³/mol. The molecule has 1 N–H and O–H groups in total. The van der Waals surface area contributed by atoms with Crippen LogP contribution in [0.15, 0.2) is 36.4 Å². The summed E-state index contributed by atoms with van der Waals surface area (Å²) in [7, 11) is 0. The van der Waals surface area contributed by atoms with Crippen molar-refractivity contribution in [2.75, 3.05) is 5.32 Å². The normalized spacial score (nSPS) is 9.89. The van der Waals surface area contributed by atoms with Crippen LogP contribution in [0.25, 0.3) is 0 Å². The van der Waals surface area contributed by atoms with Gasteiger partial charge in [0.05, 0.1) is 22.3 Å². The molecule has 2 nitrogen and oxygen atoms in total. The number of nitrogens with one attached hydrogen (secondary N) is 1. The molecule has 0 spiro atoms. The molecular weight excluding hydrogens is 251 g/mol. The van der Waals surface area contributed by atoms with E-state index in [4.69, 9.17) is 16.9 Å². The zero-order valence-corrected chi connectivity index (χ0v) is 10.4. The van der Waals surface area contributed by atoms with Gasteiger partial charge in [0.15, 0.2) is 0 Å². The summed E-state index contributed by atoms with van der Waals surface area (Å²) in [6.45, 7) is 1.86. The van der Waals surface area contributed by atoms with E-state index in [1.54, 1.807) is 18.2 Å². The third-order valence-corrected chi connectivity index (χ3v) is 2.87. The van der Waals surface area contributed by atoms with Crippen molar-refractivity contribution in [3.8, 4) is 6.07 Å². The summed E-state index contributed by atoms with van der Waals surface area (Å²) in [5, 5.41) is 12.2. The number of hydrogen-bond acceptors (Lipinski definition) is 2. The highest BCUT2D eigenvalue weighted by Gasteiger charge is 2.04. The lowest BCUT2D eigenvalue weighted by Gasteiger charge is -2.09. The molecule has 0 amide bonds. The van der Waals surface area contributed by atoms with Crippen LogP contribution in [0, 0.1) is 24.1 Å². The number of benzene rings is 2. The summed E-state index contributed by atoms with van der Waals surface area (Å²) in [6.07, 6.45) is 0. The van der Waals surface area contributed by atoms with Crippen LogP contribution in [0.1, 0.15) is 11.1 Å². The molecular formula is C14H10ClFN2. The van der Waals surface area contributed by atoms with Gasteiger partial charge in [-0.25, -0.2) is 4.39 Å². The molecule has 0 atom stereocenters. The molecule has 2 aromatic rings. The van der Waals surface area contributed by atoms with E-state index in [-0.39, 0.29) is 5.82 Å². The molecule has 4 heteroatoms. The number of nitrogens with zero attached hydrogens (tertiary/aromatic N) is 1. The molecule has 0 bridgehead atoms. The zero-order valence-electron chi connectivity index (χ0n) is 9.67. The highest BCUT2D eigenvalue weighted by Crippen LogP contribution is 2.26. The Morgan fingerprint density at radius 3 is 2.61 bits per heavy atom. The Bertz CT molecular complexity index is 632. The molecule has 0 heterocycles. The Morgan fingerprint density at radius 2 is 2.00 bits per heavy atom. The topological polar surface area (TPSA) is 35.8 Å². The fourth-order valence-electron chi connectivity index (χ4n) is 1.61. The summed E-state index contributed by atoms with van der Waals surface area (Å²) in [6, 6.07) is 11.6. The van der Waals surface area contributed by atoms with Gasteiger partial charge < -0.3 is 5.32 Å². The van der Waals surface area contributed by atoms with Gasteiger partial charge in [0.1, 0.15) is 5.82 Å². The molecule has 90 valence electrons. The van der Waals surface area contributed by atoms with Crippen molar-refractivity contribution in [3.63, 3.8) is 0 Å². The van der Waals surface area contributed by atoms with Crippen LogP contribution in [0.2, 0.25) is 5.02 Å². The minimum absolute atomic E-state index is 0.317. The lowest BCUT2D eigenvalue weighted by molar-refractivity contribution is 0.628. The maximum absolute atomic E-state index is 12.9. The Kier molecular flexibility index (Phi) is 3.50. The first-order valence-electron chi connectivity index (χ1n) is 5.33. The molecule has 0 aromatic heterocycles. The molecule has 2 aromatic carbocycles. The molecule has 0 aliphatic heterocycles. The Morgan fingerprint density at radius 1 is 1.22 bits per heavy atom. The Labute approximate surface area is 110 Å². The molecule has 0 unspecified atom stereocenters. The smallest absolute Gasteiger partial charge is 0.124 e. The standard InChI is InChI=1S/C14H10ClFN2/c1-9-6-12(4-2-10(9)8-17)18-14-5-3-11(16)7-13(14)15/h2-7,18H,1H3. The first kappa shape index (κ1) is 12.4. The van der Waals surface area contributed by atoms with Gasteiger partial charge in [0, 0.05) is 5.69 Å². The second-order valence-corrected chi connectivity index (χ2v) is 4.30. The Balaban J connectivity index is 2.29. The second-order valence-electron chi connectivity index (χ2n) is 3.89. The van der Waals surface area contributed by atoms with E-state index >= 15 is 0 Å². The van der Waals surface area contributed by atoms with Crippen LogP contribution in [0.5, 0.6) is 0 Å². The van der Waals surface area contributed by atoms with Crippen molar-refractivity contribution < 1.29 is 4.39 Å². The van der Waals surface area contributed by atoms with Gasteiger partial charge in [-0.05, 0) is 48.9 Å². The van der Waals surface area contributed by atoms with Crippen molar-refractivity contribution in [2.24, 2.45) is 0 Å². The van der Waals surface area contributed by atoms with Crippen LogP contribution in [-0.4, -0.2) is 0 Å². The Hall–Kier alpha value is -2.05. The van der Waals surface area contributed by atoms with Crippen molar-refractivity contribution in [1.29, 1.82) is 5.26 Å². The largest absolute Gasteiger partial charge is 0.354 e. The zero-order chi connectivity index (χ0) is 13.1. The summed E-state index contributed by atoms with van der Waals surface area (Å²) in [5.74, 6) is -0.374. The van der Waals surface area contributed by atoms with Crippen LogP contribution in [0.3, 0.4) is 0 Å². The van der Waals surface area contributed by atoms with Gasteiger partial charge in [-0.1, -0.05) is 11.6 Å². The average molecular weight is 261 g/mol. The van der Waals surface area contributed by atoms with E-state index in [1.807, 2.05) is 13.0 Å². The van der Waals surface area contributed by atoms with E-state index in [1.165, 1.54) is 12.1 Å². The number of nitriles is 1. The van der Waals surface area contributed by atoms with Gasteiger partial charge in [0.2, 0.25) is 0 Å². The number of anilines is 2. The van der Waals surface area contributed by atoms with E-state index < -0.39 is 0 Å². The number of halogens is 2. The molecule has 2 rings (SSSR count). The van der Waals surface area contributed by atoms with Crippen molar-refractivity contribution in [1.82, 2.24) is 0 Å². The quantitative estimate of drug-likeness (QED) is 0.869. The van der Waals surface area contributed by atoms with Gasteiger partial charge in [-0.15, -0.1) is 0 Å². The fourth-order valence-corrected chi connectivity index (χ4v) is 1.83. The summed E-state index contributed by atoms with van der Waals surface area (Å²) >= 11 is 5.92. The van der Waals surface area contributed by atoms with E-state index in [9.17, 15) is 4.39 Å². The number of aryl methyl sites for hydroxylation is 1. The van der Waals surface area contributed by atoms with Gasteiger partial charge >= 0.3 is 0 Å². The molecule has 0 saturated carbocycles. The minimum Gasteiger partial charge on any atom is -0.354 e. The third-order valence-electron chi connectivity index (χ3n) is 2.56.